The Hall–Kier alpha value is -1.09. The van der Waals surface area contributed by atoms with Crippen LogP contribution in [0.15, 0.2) is 9.21 Å². The average Bonchev–Trinajstić information content (AvgIpc) is 2.19. The molecular weight excluding hydrogens is 180 g/mol. The van der Waals surface area contributed by atoms with Crippen molar-refractivity contribution in [3.63, 3.8) is 0 Å². The molecule has 1 rings (SSSR count). The van der Waals surface area contributed by atoms with E-state index in [9.17, 15) is 4.79 Å². The summed E-state index contributed by atoms with van der Waals surface area (Å²) in [5, 5.41) is 0. The first-order chi connectivity index (χ1) is 6.49. The maximum Gasteiger partial charge on any atom is 0.191 e. The summed E-state index contributed by atoms with van der Waals surface area (Å²) in [6.45, 7) is 7.20. The highest BCUT2D eigenvalue weighted by Gasteiger charge is 2.15. The molecule has 1 heterocycles. The number of rotatable bonds is 2. The summed E-state index contributed by atoms with van der Waals surface area (Å²) in [4.78, 5) is 11.7. The van der Waals surface area contributed by atoms with E-state index in [2.05, 4.69) is 0 Å². The van der Waals surface area contributed by atoms with Gasteiger partial charge in [-0.15, -0.1) is 0 Å². The summed E-state index contributed by atoms with van der Waals surface area (Å²) in [5.74, 6) is 1.29. The predicted molar refractivity (Wildman–Crippen MR) is 54.6 cm³/mol. The lowest BCUT2D eigenvalue weighted by molar-refractivity contribution is 0.0957. The molecule has 0 saturated carbocycles. The summed E-state index contributed by atoms with van der Waals surface area (Å²) in [6, 6.07) is 0. The standard InChI is InChI=1S/C11H16O3/c1-6-8(3)14-11(9(4)13-5)7(2)10(6)12/h9H,1-5H3. The molecule has 1 atom stereocenters. The van der Waals surface area contributed by atoms with Crippen LogP contribution < -0.4 is 5.43 Å². The van der Waals surface area contributed by atoms with Crippen LogP contribution in [0.5, 0.6) is 0 Å². The second-order valence-electron chi connectivity index (χ2n) is 3.48. The fraction of sp³-hybridized carbons (Fsp3) is 0.545. The minimum absolute atomic E-state index is 0.0488. The Morgan fingerprint density at radius 3 is 2.29 bits per heavy atom. The molecular formula is C11H16O3. The largest absolute Gasteiger partial charge is 0.463 e. The average molecular weight is 196 g/mol. The molecule has 78 valence electrons. The topological polar surface area (TPSA) is 39.4 Å². The number of ether oxygens (including phenoxy) is 1. The van der Waals surface area contributed by atoms with Gasteiger partial charge in [0.15, 0.2) is 5.43 Å². The lowest BCUT2D eigenvalue weighted by atomic mass is 10.1. The van der Waals surface area contributed by atoms with Gasteiger partial charge in [-0.2, -0.15) is 0 Å². The van der Waals surface area contributed by atoms with Crippen LogP contribution in [-0.2, 0) is 4.74 Å². The molecule has 0 aliphatic rings. The molecule has 0 aliphatic heterocycles. The van der Waals surface area contributed by atoms with Crippen molar-refractivity contribution in [3.8, 4) is 0 Å². The van der Waals surface area contributed by atoms with Gasteiger partial charge in [-0.1, -0.05) is 0 Å². The van der Waals surface area contributed by atoms with Crippen molar-refractivity contribution in [3.05, 3.63) is 32.9 Å². The van der Waals surface area contributed by atoms with Crippen LogP contribution in [-0.4, -0.2) is 7.11 Å². The van der Waals surface area contributed by atoms with E-state index in [1.165, 1.54) is 0 Å². The van der Waals surface area contributed by atoms with Crippen molar-refractivity contribution in [2.24, 2.45) is 0 Å². The Kier molecular flexibility index (Phi) is 3.11. The van der Waals surface area contributed by atoms with E-state index >= 15 is 0 Å². The first-order valence-electron chi connectivity index (χ1n) is 4.62. The van der Waals surface area contributed by atoms with Gasteiger partial charge >= 0.3 is 0 Å². The molecule has 0 amide bonds. The monoisotopic (exact) mass is 196 g/mol. The van der Waals surface area contributed by atoms with Crippen LogP contribution in [0.2, 0.25) is 0 Å². The van der Waals surface area contributed by atoms with Gasteiger partial charge in [-0.25, -0.2) is 0 Å². The Morgan fingerprint density at radius 1 is 1.21 bits per heavy atom. The Labute approximate surface area is 83.7 Å². The molecule has 0 aromatic carbocycles. The fourth-order valence-corrected chi connectivity index (χ4v) is 1.37. The van der Waals surface area contributed by atoms with Crippen LogP contribution in [0.4, 0.5) is 0 Å². The third-order valence-corrected chi connectivity index (χ3v) is 2.56. The minimum atomic E-state index is -0.179. The molecule has 3 heteroatoms. The van der Waals surface area contributed by atoms with E-state index in [1.807, 2.05) is 6.92 Å². The van der Waals surface area contributed by atoms with Gasteiger partial charge in [-0.05, 0) is 27.7 Å². The Morgan fingerprint density at radius 2 is 1.79 bits per heavy atom. The number of hydrogen-bond donors (Lipinski definition) is 0. The molecule has 14 heavy (non-hydrogen) atoms. The van der Waals surface area contributed by atoms with E-state index < -0.39 is 0 Å². The normalized spacial score (nSPS) is 12.9. The van der Waals surface area contributed by atoms with Crippen molar-refractivity contribution in [1.29, 1.82) is 0 Å². The van der Waals surface area contributed by atoms with Crippen molar-refractivity contribution >= 4 is 0 Å². The van der Waals surface area contributed by atoms with Gasteiger partial charge in [0.05, 0.1) is 0 Å². The molecule has 3 nitrogen and oxygen atoms in total. The van der Waals surface area contributed by atoms with Gasteiger partial charge < -0.3 is 9.15 Å². The minimum Gasteiger partial charge on any atom is -0.463 e. The van der Waals surface area contributed by atoms with E-state index in [0.717, 1.165) is 0 Å². The second kappa shape index (κ2) is 3.96. The summed E-state index contributed by atoms with van der Waals surface area (Å²) in [6.07, 6.45) is -0.179. The lowest BCUT2D eigenvalue weighted by Crippen LogP contribution is -2.15. The van der Waals surface area contributed by atoms with Crippen LogP contribution >= 0.6 is 0 Å². The van der Waals surface area contributed by atoms with Crippen molar-refractivity contribution in [2.75, 3.05) is 7.11 Å². The fourth-order valence-electron chi connectivity index (χ4n) is 1.37. The maximum absolute atomic E-state index is 11.7. The number of methoxy groups -OCH3 is 1. The third kappa shape index (κ3) is 1.73. The van der Waals surface area contributed by atoms with Gasteiger partial charge in [0.25, 0.3) is 0 Å². The molecule has 1 aromatic rings. The highest BCUT2D eigenvalue weighted by molar-refractivity contribution is 5.26. The van der Waals surface area contributed by atoms with Gasteiger partial charge in [0.1, 0.15) is 17.6 Å². The first-order valence-corrected chi connectivity index (χ1v) is 4.62. The van der Waals surface area contributed by atoms with Crippen LogP contribution in [0.25, 0.3) is 0 Å². The zero-order chi connectivity index (χ0) is 10.9. The van der Waals surface area contributed by atoms with Crippen LogP contribution in [0, 0.1) is 20.8 Å². The highest BCUT2D eigenvalue weighted by Crippen LogP contribution is 2.20. The smallest absolute Gasteiger partial charge is 0.191 e. The van der Waals surface area contributed by atoms with E-state index in [0.29, 0.717) is 22.6 Å². The molecule has 1 aromatic heterocycles. The molecule has 0 N–H and O–H groups in total. The highest BCUT2D eigenvalue weighted by atomic mass is 16.5. The van der Waals surface area contributed by atoms with E-state index in [-0.39, 0.29) is 11.5 Å². The van der Waals surface area contributed by atoms with Crippen LogP contribution in [0.1, 0.15) is 35.7 Å². The zero-order valence-corrected chi connectivity index (χ0v) is 9.30. The Bertz CT molecular complexity index is 390. The van der Waals surface area contributed by atoms with E-state index in [1.54, 1.807) is 27.9 Å². The van der Waals surface area contributed by atoms with Crippen LogP contribution in [0.3, 0.4) is 0 Å². The molecule has 0 bridgehead atoms. The zero-order valence-electron chi connectivity index (χ0n) is 9.30. The maximum atomic E-state index is 11.7. The molecule has 0 aliphatic carbocycles. The first kappa shape index (κ1) is 11.0. The summed E-state index contributed by atoms with van der Waals surface area (Å²) >= 11 is 0. The number of hydrogen-bond acceptors (Lipinski definition) is 3. The van der Waals surface area contributed by atoms with Crippen molar-refractivity contribution < 1.29 is 9.15 Å². The van der Waals surface area contributed by atoms with Crippen molar-refractivity contribution in [1.82, 2.24) is 0 Å². The third-order valence-electron chi connectivity index (χ3n) is 2.56. The van der Waals surface area contributed by atoms with Gasteiger partial charge in [-0.3, -0.25) is 4.79 Å². The molecule has 1 unspecified atom stereocenters. The predicted octanol–water partition coefficient (Wildman–Crippen LogP) is 2.27. The molecule has 0 saturated heterocycles. The van der Waals surface area contributed by atoms with Gasteiger partial charge in [0, 0.05) is 18.2 Å². The Balaban J connectivity index is 3.41. The quantitative estimate of drug-likeness (QED) is 0.728. The second-order valence-corrected chi connectivity index (χ2v) is 3.48. The lowest BCUT2D eigenvalue weighted by Gasteiger charge is -2.12. The molecule has 0 radical (unpaired) electrons. The van der Waals surface area contributed by atoms with Crippen molar-refractivity contribution in [2.45, 2.75) is 33.8 Å². The SMILES string of the molecule is COC(C)c1oc(C)c(C)c(=O)c1C. The van der Waals surface area contributed by atoms with Gasteiger partial charge in [0.2, 0.25) is 0 Å². The van der Waals surface area contributed by atoms with E-state index in [4.69, 9.17) is 9.15 Å². The summed E-state index contributed by atoms with van der Waals surface area (Å²) < 4.78 is 10.7. The number of aryl methyl sites for hydroxylation is 1. The molecule has 0 spiro atoms. The summed E-state index contributed by atoms with van der Waals surface area (Å²) in [7, 11) is 1.60. The summed E-state index contributed by atoms with van der Waals surface area (Å²) in [5.41, 5.74) is 1.37. The molecule has 0 fully saturated rings.